The van der Waals surface area contributed by atoms with E-state index in [1.54, 1.807) is 16.7 Å². The van der Waals surface area contributed by atoms with Crippen LogP contribution >= 0.6 is 22.7 Å². The molecule has 0 radical (unpaired) electrons. The van der Waals surface area contributed by atoms with E-state index in [-0.39, 0.29) is 18.4 Å². The van der Waals surface area contributed by atoms with Crippen molar-refractivity contribution in [3.63, 3.8) is 0 Å². The van der Waals surface area contributed by atoms with E-state index in [1.807, 2.05) is 25.5 Å². The molecule has 1 fully saturated rings. The zero-order chi connectivity index (χ0) is 17.3. The number of sulfonamides is 1. The fourth-order valence-electron chi connectivity index (χ4n) is 2.66. The molecule has 2 aromatic heterocycles. The molecule has 0 bridgehead atoms. The summed E-state index contributed by atoms with van der Waals surface area (Å²) in [5.74, 6) is -0.619. The van der Waals surface area contributed by atoms with Crippen molar-refractivity contribution >= 4 is 38.6 Å². The highest BCUT2D eigenvalue weighted by Gasteiger charge is 2.33. The van der Waals surface area contributed by atoms with Gasteiger partial charge in [0.15, 0.2) is 4.80 Å². The third-order valence-electron chi connectivity index (χ3n) is 4.01. The van der Waals surface area contributed by atoms with Crippen molar-refractivity contribution < 1.29 is 13.2 Å². The molecule has 3 heterocycles. The van der Waals surface area contributed by atoms with Gasteiger partial charge in [0, 0.05) is 36.6 Å². The van der Waals surface area contributed by atoms with Crippen LogP contribution < -0.4 is 4.80 Å². The zero-order valence-corrected chi connectivity index (χ0v) is 16.0. The number of nitrogens with zero attached hydrogens (tertiary/aromatic N) is 3. The SMILES string of the molecule is Cc1ccc(S(=O)(=O)N2CCC[C@@H](C(=O)N=c3sccn3C)C2)s1. The fraction of sp³-hybridized carbons (Fsp3) is 0.467. The Morgan fingerprint density at radius 3 is 2.79 bits per heavy atom. The molecule has 1 saturated heterocycles. The van der Waals surface area contributed by atoms with Crippen molar-refractivity contribution in [2.24, 2.45) is 18.0 Å². The molecule has 1 aliphatic rings. The lowest BCUT2D eigenvalue weighted by molar-refractivity contribution is -0.122. The van der Waals surface area contributed by atoms with Crippen molar-refractivity contribution in [1.29, 1.82) is 0 Å². The van der Waals surface area contributed by atoms with Crippen LogP contribution in [0.3, 0.4) is 0 Å². The Kier molecular flexibility index (Phi) is 5.05. The lowest BCUT2D eigenvalue weighted by Crippen LogP contribution is -2.42. The molecule has 0 aliphatic carbocycles. The molecule has 0 unspecified atom stereocenters. The summed E-state index contributed by atoms with van der Waals surface area (Å²) in [5.41, 5.74) is 0. The van der Waals surface area contributed by atoms with E-state index in [4.69, 9.17) is 0 Å². The number of aryl methyl sites for hydroxylation is 2. The molecule has 9 heteroatoms. The first-order valence-corrected chi connectivity index (χ1v) is 10.8. The minimum Gasteiger partial charge on any atom is -0.327 e. The highest BCUT2D eigenvalue weighted by Crippen LogP contribution is 2.28. The first kappa shape index (κ1) is 17.5. The molecule has 0 spiro atoms. The van der Waals surface area contributed by atoms with E-state index < -0.39 is 10.0 Å². The monoisotopic (exact) mass is 385 g/mol. The van der Waals surface area contributed by atoms with Crippen LogP contribution in [0.15, 0.2) is 32.9 Å². The van der Waals surface area contributed by atoms with E-state index in [0.717, 1.165) is 4.88 Å². The highest BCUT2D eigenvalue weighted by atomic mass is 32.2. The fourth-order valence-corrected chi connectivity index (χ4v) is 6.36. The number of carbonyl (C=O) groups excluding carboxylic acids is 1. The number of aromatic nitrogens is 1. The van der Waals surface area contributed by atoms with Crippen molar-refractivity contribution in [3.8, 4) is 0 Å². The van der Waals surface area contributed by atoms with Gasteiger partial charge in [0.1, 0.15) is 4.21 Å². The zero-order valence-electron chi connectivity index (χ0n) is 13.5. The highest BCUT2D eigenvalue weighted by molar-refractivity contribution is 7.91. The number of hydrogen-bond acceptors (Lipinski definition) is 5. The van der Waals surface area contributed by atoms with Gasteiger partial charge in [-0.3, -0.25) is 4.79 Å². The average molecular weight is 386 g/mol. The number of piperidine rings is 1. The molecule has 0 aromatic carbocycles. The Labute approximate surface area is 149 Å². The molecule has 1 aliphatic heterocycles. The Balaban J connectivity index is 1.80. The molecular weight excluding hydrogens is 366 g/mol. The molecule has 3 rings (SSSR count). The van der Waals surface area contributed by atoms with Gasteiger partial charge >= 0.3 is 0 Å². The van der Waals surface area contributed by atoms with Gasteiger partial charge in [0.05, 0.1) is 5.92 Å². The summed E-state index contributed by atoms with van der Waals surface area (Å²) in [6, 6.07) is 3.44. The number of carbonyl (C=O) groups is 1. The molecule has 0 saturated carbocycles. The van der Waals surface area contributed by atoms with E-state index >= 15 is 0 Å². The number of thiazole rings is 1. The average Bonchev–Trinajstić information content (AvgIpc) is 3.17. The van der Waals surface area contributed by atoms with Gasteiger partial charge in [-0.15, -0.1) is 22.7 Å². The van der Waals surface area contributed by atoms with E-state index in [2.05, 4.69) is 4.99 Å². The Morgan fingerprint density at radius 1 is 1.38 bits per heavy atom. The van der Waals surface area contributed by atoms with Gasteiger partial charge in [-0.05, 0) is 31.9 Å². The van der Waals surface area contributed by atoms with Crippen molar-refractivity contribution in [3.05, 3.63) is 33.4 Å². The summed E-state index contributed by atoms with van der Waals surface area (Å²) in [6.07, 6.45) is 3.19. The summed E-state index contributed by atoms with van der Waals surface area (Å²) >= 11 is 2.66. The van der Waals surface area contributed by atoms with E-state index in [9.17, 15) is 13.2 Å². The largest absolute Gasteiger partial charge is 0.327 e. The van der Waals surface area contributed by atoms with Crippen LogP contribution in [0.25, 0.3) is 0 Å². The maximum Gasteiger partial charge on any atom is 0.252 e. The maximum atomic E-state index is 12.7. The van der Waals surface area contributed by atoms with Crippen LogP contribution in [0.1, 0.15) is 17.7 Å². The molecular formula is C15H19N3O3S3. The Bertz CT molecular complexity index is 908. The first-order valence-electron chi connectivity index (χ1n) is 7.63. The summed E-state index contributed by atoms with van der Waals surface area (Å²) in [7, 11) is -1.69. The second-order valence-corrected chi connectivity index (χ2v) is 10.1. The second kappa shape index (κ2) is 6.91. The summed E-state index contributed by atoms with van der Waals surface area (Å²) in [4.78, 5) is 18.2. The lowest BCUT2D eigenvalue weighted by atomic mass is 9.99. The summed E-state index contributed by atoms with van der Waals surface area (Å²) in [5, 5.41) is 1.86. The third-order valence-corrected chi connectivity index (χ3v) is 8.19. The van der Waals surface area contributed by atoms with Crippen LogP contribution in [0.4, 0.5) is 0 Å². The Morgan fingerprint density at radius 2 is 2.17 bits per heavy atom. The third kappa shape index (κ3) is 3.53. The van der Waals surface area contributed by atoms with Crippen LogP contribution in [0, 0.1) is 12.8 Å². The molecule has 130 valence electrons. The van der Waals surface area contributed by atoms with Crippen LogP contribution in [-0.2, 0) is 21.9 Å². The maximum absolute atomic E-state index is 12.7. The Hall–Kier alpha value is -1.29. The number of rotatable bonds is 3. The van der Waals surface area contributed by atoms with Crippen molar-refractivity contribution in [2.75, 3.05) is 13.1 Å². The van der Waals surface area contributed by atoms with Crippen LogP contribution in [0.2, 0.25) is 0 Å². The molecule has 2 aromatic rings. The van der Waals surface area contributed by atoms with Gasteiger partial charge in [0.25, 0.3) is 15.9 Å². The van der Waals surface area contributed by atoms with Gasteiger partial charge < -0.3 is 4.57 Å². The van der Waals surface area contributed by atoms with Crippen molar-refractivity contribution in [1.82, 2.24) is 8.87 Å². The smallest absolute Gasteiger partial charge is 0.252 e. The second-order valence-electron chi connectivity index (χ2n) is 5.81. The predicted molar refractivity (Wildman–Crippen MR) is 94.4 cm³/mol. The summed E-state index contributed by atoms with van der Waals surface area (Å²) in [6.45, 7) is 2.54. The quantitative estimate of drug-likeness (QED) is 0.811. The van der Waals surface area contributed by atoms with E-state index in [1.165, 1.54) is 27.0 Å². The van der Waals surface area contributed by atoms with Crippen LogP contribution in [0.5, 0.6) is 0 Å². The minimum absolute atomic E-state index is 0.205. The molecule has 1 atom stereocenters. The standard InChI is InChI=1S/C15H19N3O3S3/c1-11-5-6-13(23-11)24(20,21)18-7-3-4-12(10-18)14(19)16-15-17(2)8-9-22-15/h5-6,8-9,12H,3-4,7,10H2,1-2H3/t12-/m1/s1. The molecule has 24 heavy (non-hydrogen) atoms. The summed E-state index contributed by atoms with van der Waals surface area (Å²) < 4.78 is 29.0. The number of amides is 1. The van der Waals surface area contributed by atoms with Crippen LogP contribution in [-0.4, -0.2) is 36.3 Å². The minimum atomic E-state index is -3.52. The lowest BCUT2D eigenvalue weighted by Gasteiger charge is -2.29. The topological polar surface area (TPSA) is 71.7 Å². The first-order chi connectivity index (χ1) is 11.4. The number of thiophene rings is 1. The van der Waals surface area contributed by atoms with Gasteiger partial charge in [-0.1, -0.05) is 0 Å². The van der Waals surface area contributed by atoms with Gasteiger partial charge in [-0.25, -0.2) is 8.42 Å². The van der Waals surface area contributed by atoms with E-state index in [0.29, 0.717) is 28.4 Å². The van der Waals surface area contributed by atoms with Gasteiger partial charge in [-0.2, -0.15) is 9.30 Å². The van der Waals surface area contributed by atoms with Crippen molar-refractivity contribution in [2.45, 2.75) is 24.0 Å². The molecule has 6 nitrogen and oxygen atoms in total. The normalized spacial score (nSPS) is 20.4. The number of hydrogen-bond donors (Lipinski definition) is 0. The predicted octanol–water partition coefficient (Wildman–Crippen LogP) is 1.98. The molecule has 0 N–H and O–H groups in total. The van der Waals surface area contributed by atoms with Gasteiger partial charge in [0.2, 0.25) is 0 Å². The molecule has 1 amide bonds.